The molecule has 0 amide bonds. The average molecular weight is 248 g/mol. The van der Waals surface area contributed by atoms with Crippen LogP contribution in [0.5, 0.6) is 11.5 Å². The van der Waals surface area contributed by atoms with E-state index >= 15 is 0 Å². The Morgan fingerprint density at radius 3 is 2.72 bits per heavy atom. The predicted octanol–water partition coefficient (Wildman–Crippen LogP) is 1.44. The fourth-order valence-corrected chi connectivity index (χ4v) is 1.61. The summed E-state index contributed by atoms with van der Waals surface area (Å²) in [5, 5.41) is 7.27. The van der Waals surface area contributed by atoms with Crippen molar-refractivity contribution in [3.8, 4) is 11.5 Å². The smallest absolute Gasteiger partial charge is 0.145 e. The molecule has 6 nitrogen and oxygen atoms in total. The Balaban J connectivity index is 2.14. The molecular formula is C12H16N4O2. The molecule has 1 aromatic heterocycles. The van der Waals surface area contributed by atoms with Crippen molar-refractivity contribution in [2.24, 2.45) is 7.05 Å². The molecule has 0 aliphatic heterocycles. The molecule has 0 bridgehead atoms. The maximum atomic E-state index is 5.28. The van der Waals surface area contributed by atoms with Crippen LogP contribution in [0.15, 0.2) is 24.5 Å². The first-order valence-corrected chi connectivity index (χ1v) is 5.53. The second-order valence-electron chi connectivity index (χ2n) is 3.72. The van der Waals surface area contributed by atoms with E-state index in [0.717, 1.165) is 23.0 Å². The minimum Gasteiger partial charge on any atom is -0.497 e. The molecule has 0 spiro atoms. The number of hydrogen-bond acceptors (Lipinski definition) is 5. The van der Waals surface area contributed by atoms with Gasteiger partial charge in [0.15, 0.2) is 0 Å². The number of nitrogens with zero attached hydrogens (tertiary/aromatic N) is 3. The number of benzene rings is 1. The van der Waals surface area contributed by atoms with Crippen LogP contribution in [0, 0.1) is 0 Å². The topological polar surface area (TPSA) is 61.2 Å². The summed E-state index contributed by atoms with van der Waals surface area (Å²) in [6.07, 6.45) is 1.53. The summed E-state index contributed by atoms with van der Waals surface area (Å²) in [7, 11) is 5.12. The Labute approximate surface area is 106 Å². The van der Waals surface area contributed by atoms with Crippen molar-refractivity contribution in [1.29, 1.82) is 0 Å². The van der Waals surface area contributed by atoms with Crippen molar-refractivity contribution in [2.45, 2.75) is 6.54 Å². The molecule has 0 radical (unpaired) electrons. The lowest BCUT2D eigenvalue weighted by Gasteiger charge is -2.12. The van der Waals surface area contributed by atoms with Crippen LogP contribution in [-0.2, 0) is 13.6 Å². The number of aromatic nitrogens is 3. The average Bonchev–Trinajstić information content (AvgIpc) is 2.81. The van der Waals surface area contributed by atoms with Gasteiger partial charge in [0.2, 0.25) is 0 Å². The van der Waals surface area contributed by atoms with E-state index in [-0.39, 0.29) is 0 Å². The number of methoxy groups -OCH3 is 2. The molecule has 0 aliphatic rings. The third-order valence-corrected chi connectivity index (χ3v) is 2.65. The fourth-order valence-electron chi connectivity index (χ4n) is 1.61. The van der Waals surface area contributed by atoms with Crippen LogP contribution in [0.25, 0.3) is 0 Å². The fraction of sp³-hybridized carbons (Fsp3) is 0.333. The van der Waals surface area contributed by atoms with Gasteiger partial charge in [0.1, 0.15) is 23.7 Å². The summed E-state index contributed by atoms with van der Waals surface area (Å²) in [5.41, 5.74) is 0.861. The normalized spacial score (nSPS) is 10.2. The first-order valence-electron chi connectivity index (χ1n) is 5.53. The Morgan fingerprint density at radius 2 is 2.11 bits per heavy atom. The second-order valence-corrected chi connectivity index (χ2v) is 3.72. The molecule has 2 aromatic rings. The zero-order valence-electron chi connectivity index (χ0n) is 10.7. The number of ether oxygens (including phenoxy) is 2. The summed E-state index contributed by atoms with van der Waals surface area (Å²) < 4.78 is 12.2. The van der Waals surface area contributed by atoms with Gasteiger partial charge in [-0.1, -0.05) is 0 Å². The first kappa shape index (κ1) is 12.2. The molecule has 0 fully saturated rings. The summed E-state index contributed by atoms with van der Waals surface area (Å²) >= 11 is 0. The van der Waals surface area contributed by atoms with Crippen LogP contribution in [0.3, 0.4) is 0 Å². The second kappa shape index (κ2) is 5.39. The minimum absolute atomic E-state index is 0.569. The van der Waals surface area contributed by atoms with E-state index in [0.29, 0.717) is 6.54 Å². The number of rotatable bonds is 5. The Kier molecular flexibility index (Phi) is 3.66. The van der Waals surface area contributed by atoms with Gasteiger partial charge in [-0.2, -0.15) is 5.10 Å². The van der Waals surface area contributed by atoms with Crippen LogP contribution >= 0.6 is 0 Å². The highest BCUT2D eigenvalue weighted by molar-refractivity contribution is 5.59. The summed E-state index contributed by atoms with van der Waals surface area (Å²) in [5.74, 6) is 2.38. The van der Waals surface area contributed by atoms with Crippen molar-refractivity contribution in [2.75, 3.05) is 19.5 Å². The van der Waals surface area contributed by atoms with Crippen LogP contribution in [0.2, 0.25) is 0 Å². The summed E-state index contributed by atoms with van der Waals surface area (Å²) in [6, 6.07) is 5.60. The van der Waals surface area contributed by atoms with Gasteiger partial charge in [-0.3, -0.25) is 4.68 Å². The maximum Gasteiger partial charge on any atom is 0.145 e. The predicted molar refractivity (Wildman–Crippen MR) is 67.9 cm³/mol. The van der Waals surface area contributed by atoms with Gasteiger partial charge in [-0.15, -0.1) is 0 Å². The minimum atomic E-state index is 0.569. The van der Waals surface area contributed by atoms with E-state index in [2.05, 4.69) is 15.4 Å². The molecular weight excluding hydrogens is 232 g/mol. The van der Waals surface area contributed by atoms with Crippen molar-refractivity contribution in [1.82, 2.24) is 14.8 Å². The lowest BCUT2D eigenvalue weighted by Crippen LogP contribution is -2.07. The van der Waals surface area contributed by atoms with E-state index < -0.39 is 0 Å². The molecule has 1 heterocycles. The molecule has 0 atom stereocenters. The standard InChI is InChI=1S/C12H16N4O2/c1-16-12(14-8-15-16)7-13-10-6-9(17-2)4-5-11(10)18-3/h4-6,8,13H,7H2,1-3H3. The molecule has 0 saturated heterocycles. The van der Waals surface area contributed by atoms with Gasteiger partial charge < -0.3 is 14.8 Å². The SMILES string of the molecule is COc1ccc(OC)c(NCc2ncnn2C)c1. The Hall–Kier alpha value is -2.24. The Morgan fingerprint density at radius 1 is 1.28 bits per heavy atom. The number of nitrogens with one attached hydrogen (secondary N) is 1. The zero-order valence-corrected chi connectivity index (χ0v) is 10.7. The first-order chi connectivity index (χ1) is 8.74. The van der Waals surface area contributed by atoms with E-state index in [9.17, 15) is 0 Å². The number of anilines is 1. The molecule has 0 unspecified atom stereocenters. The van der Waals surface area contributed by atoms with Crippen LogP contribution in [0.1, 0.15) is 5.82 Å². The van der Waals surface area contributed by atoms with Gasteiger partial charge >= 0.3 is 0 Å². The van der Waals surface area contributed by atoms with Crippen LogP contribution in [-0.4, -0.2) is 29.0 Å². The monoisotopic (exact) mass is 248 g/mol. The quantitative estimate of drug-likeness (QED) is 0.867. The largest absolute Gasteiger partial charge is 0.497 e. The van der Waals surface area contributed by atoms with Crippen molar-refractivity contribution >= 4 is 5.69 Å². The third kappa shape index (κ3) is 2.53. The molecule has 6 heteroatoms. The van der Waals surface area contributed by atoms with Crippen molar-refractivity contribution in [3.63, 3.8) is 0 Å². The Bertz CT molecular complexity index is 525. The van der Waals surface area contributed by atoms with Gasteiger partial charge in [0.05, 0.1) is 26.5 Å². The number of hydrogen-bond donors (Lipinski definition) is 1. The molecule has 0 aliphatic carbocycles. The van der Waals surface area contributed by atoms with Gasteiger partial charge in [-0.05, 0) is 12.1 Å². The highest BCUT2D eigenvalue weighted by Crippen LogP contribution is 2.29. The van der Waals surface area contributed by atoms with E-state index in [4.69, 9.17) is 9.47 Å². The van der Waals surface area contributed by atoms with Gasteiger partial charge in [0, 0.05) is 13.1 Å². The van der Waals surface area contributed by atoms with E-state index in [1.807, 2.05) is 25.2 Å². The molecule has 18 heavy (non-hydrogen) atoms. The summed E-state index contributed by atoms with van der Waals surface area (Å²) in [6.45, 7) is 0.569. The van der Waals surface area contributed by atoms with Crippen LogP contribution in [0.4, 0.5) is 5.69 Å². The lowest BCUT2D eigenvalue weighted by atomic mass is 10.2. The maximum absolute atomic E-state index is 5.28. The van der Waals surface area contributed by atoms with Crippen LogP contribution < -0.4 is 14.8 Å². The van der Waals surface area contributed by atoms with E-state index in [1.165, 1.54) is 6.33 Å². The van der Waals surface area contributed by atoms with E-state index in [1.54, 1.807) is 18.9 Å². The molecule has 1 aromatic carbocycles. The van der Waals surface area contributed by atoms with Crippen molar-refractivity contribution in [3.05, 3.63) is 30.4 Å². The molecule has 2 rings (SSSR count). The number of aryl methyl sites for hydroxylation is 1. The zero-order chi connectivity index (χ0) is 13.0. The highest BCUT2D eigenvalue weighted by atomic mass is 16.5. The summed E-state index contributed by atoms with van der Waals surface area (Å²) in [4.78, 5) is 4.15. The molecule has 96 valence electrons. The van der Waals surface area contributed by atoms with Gasteiger partial charge in [0.25, 0.3) is 0 Å². The highest BCUT2D eigenvalue weighted by Gasteiger charge is 2.06. The third-order valence-electron chi connectivity index (χ3n) is 2.65. The van der Waals surface area contributed by atoms with Crippen molar-refractivity contribution < 1.29 is 9.47 Å². The molecule has 0 saturated carbocycles. The molecule has 1 N–H and O–H groups in total. The lowest BCUT2D eigenvalue weighted by molar-refractivity contribution is 0.404. The van der Waals surface area contributed by atoms with Gasteiger partial charge in [-0.25, -0.2) is 4.98 Å².